The Morgan fingerprint density at radius 1 is 1.44 bits per heavy atom. The van der Waals surface area contributed by atoms with Gasteiger partial charge in [0.05, 0.1) is 0 Å². The van der Waals surface area contributed by atoms with Gasteiger partial charge >= 0.3 is 0 Å². The molecule has 0 bridgehead atoms. The van der Waals surface area contributed by atoms with Crippen molar-refractivity contribution in [3.05, 3.63) is 17.6 Å². The first-order valence-electron chi connectivity index (χ1n) is 6.34. The molecule has 98 valence electrons. The summed E-state index contributed by atoms with van der Waals surface area (Å²) >= 11 is 0. The van der Waals surface area contributed by atoms with Crippen molar-refractivity contribution in [2.75, 3.05) is 18.9 Å². The van der Waals surface area contributed by atoms with E-state index in [1.807, 2.05) is 20.0 Å². The predicted molar refractivity (Wildman–Crippen MR) is 70.5 cm³/mol. The second kappa shape index (κ2) is 4.92. The van der Waals surface area contributed by atoms with E-state index in [9.17, 15) is 4.79 Å². The molecule has 0 aromatic carbocycles. The lowest BCUT2D eigenvalue weighted by Crippen LogP contribution is -2.31. The molecule has 1 fully saturated rings. The number of nitrogens with one attached hydrogen (secondary N) is 1. The highest BCUT2D eigenvalue weighted by Crippen LogP contribution is 2.17. The molecule has 1 aliphatic rings. The van der Waals surface area contributed by atoms with Crippen molar-refractivity contribution < 1.29 is 4.79 Å². The van der Waals surface area contributed by atoms with Crippen LogP contribution < -0.4 is 5.32 Å². The molecule has 1 atom stereocenters. The molecule has 18 heavy (non-hydrogen) atoms. The van der Waals surface area contributed by atoms with Gasteiger partial charge in [-0.1, -0.05) is 13.8 Å². The van der Waals surface area contributed by atoms with Crippen LogP contribution in [0.2, 0.25) is 0 Å². The van der Waals surface area contributed by atoms with Crippen molar-refractivity contribution in [2.24, 2.45) is 0 Å². The predicted octanol–water partition coefficient (Wildman–Crippen LogP) is 1.55. The Hall–Kier alpha value is -1.65. The van der Waals surface area contributed by atoms with Crippen LogP contribution in [0.3, 0.4) is 0 Å². The number of aromatic nitrogens is 2. The van der Waals surface area contributed by atoms with Crippen molar-refractivity contribution in [1.82, 2.24) is 14.9 Å². The molecule has 2 rings (SSSR count). The summed E-state index contributed by atoms with van der Waals surface area (Å²) in [5.41, 5.74) is 0.926. The lowest BCUT2D eigenvalue weighted by atomic mass is 10.2. The van der Waals surface area contributed by atoms with Crippen LogP contribution in [-0.4, -0.2) is 40.4 Å². The summed E-state index contributed by atoms with van der Waals surface area (Å²) in [6, 6.07) is 1.74. The maximum Gasteiger partial charge on any atom is 0.244 e. The van der Waals surface area contributed by atoms with Crippen molar-refractivity contribution in [2.45, 2.75) is 39.2 Å². The minimum atomic E-state index is -0.149. The van der Waals surface area contributed by atoms with Gasteiger partial charge in [0.2, 0.25) is 5.91 Å². The average Bonchev–Trinajstić information content (AvgIpc) is 2.60. The molecule has 1 N–H and O–H groups in total. The number of amides is 1. The minimum absolute atomic E-state index is 0.136. The standard InChI is InChI=1S/C13H20N4O/c1-8(2)12-14-9(3)7-11(16-12)15-10-5-6-17(4)13(10)18/h7-8,10H,5-6H2,1-4H3,(H,14,15,16). The lowest BCUT2D eigenvalue weighted by molar-refractivity contribution is -0.127. The summed E-state index contributed by atoms with van der Waals surface area (Å²) < 4.78 is 0. The number of likely N-dealkylation sites (tertiary alicyclic amines) is 1. The first-order valence-corrected chi connectivity index (χ1v) is 6.34. The Bertz CT molecular complexity index is 458. The largest absolute Gasteiger partial charge is 0.358 e. The van der Waals surface area contributed by atoms with E-state index in [4.69, 9.17) is 0 Å². The molecule has 1 saturated heterocycles. The van der Waals surface area contributed by atoms with Gasteiger partial charge in [0, 0.05) is 31.3 Å². The van der Waals surface area contributed by atoms with Crippen molar-refractivity contribution in [3.63, 3.8) is 0 Å². The molecule has 1 unspecified atom stereocenters. The molecule has 5 heteroatoms. The number of anilines is 1. The van der Waals surface area contributed by atoms with Crippen LogP contribution in [-0.2, 0) is 4.79 Å². The van der Waals surface area contributed by atoms with E-state index in [0.717, 1.165) is 30.3 Å². The molecular formula is C13H20N4O. The van der Waals surface area contributed by atoms with Gasteiger partial charge in [-0.2, -0.15) is 0 Å². The van der Waals surface area contributed by atoms with Crippen LogP contribution in [0.4, 0.5) is 5.82 Å². The number of nitrogens with zero attached hydrogens (tertiary/aromatic N) is 3. The summed E-state index contributed by atoms with van der Waals surface area (Å²) in [7, 11) is 1.83. The van der Waals surface area contributed by atoms with E-state index in [0.29, 0.717) is 0 Å². The third-order valence-electron chi connectivity index (χ3n) is 3.14. The Labute approximate surface area is 108 Å². The number of hydrogen-bond donors (Lipinski definition) is 1. The molecule has 5 nitrogen and oxygen atoms in total. The topological polar surface area (TPSA) is 58.1 Å². The van der Waals surface area contributed by atoms with Gasteiger partial charge in [0.15, 0.2) is 0 Å². The quantitative estimate of drug-likeness (QED) is 0.881. The molecule has 0 aliphatic carbocycles. The maximum absolute atomic E-state index is 11.8. The first kappa shape index (κ1) is 12.8. The molecule has 1 aromatic heterocycles. The van der Waals surface area contributed by atoms with Crippen molar-refractivity contribution >= 4 is 11.7 Å². The van der Waals surface area contributed by atoms with E-state index in [-0.39, 0.29) is 17.9 Å². The molecule has 0 radical (unpaired) electrons. The van der Waals surface area contributed by atoms with Gasteiger partial charge in [-0.25, -0.2) is 9.97 Å². The van der Waals surface area contributed by atoms with E-state index in [1.54, 1.807) is 4.90 Å². The molecule has 2 heterocycles. The van der Waals surface area contributed by atoms with E-state index < -0.39 is 0 Å². The number of carbonyl (C=O) groups is 1. The highest BCUT2D eigenvalue weighted by Gasteiger charge is 2.29. The number of hydrogen-bond acceptors (Lipinski definition) is 4. The van der Waals surface area contributed by atoms with Gasteiger partial charge in [-0.3, -0.25) is 4.79 Å². The monoisotopic (exact) mass is 248 g/mol. The Morgan fingerprint density at radius 2 is 2.17 bits per heavy atom. The summed E-state index contributed by atoms with van der Waals surface area (Å²) in [6.45, 7) is 6.87. The zero-order valence-corrected chi connectivity index (χ0v) is 11.4. The number of rotatable bonds is 3. The SMILES string of the molecule is Cc1cc(NC2CCN(C)C2=O)nc(C(C)C)n1. The third kappa shape index (κ3) is 2.60. The fraction of sp³-hybridized carbons (Fsp3) is 0.615. The zero-order chi connectivity index (χ0) is 13.3. The molecule has 0 saturated carbocycles. The highest BCUT2D eigenvalue weighted by atomic mass is 16.2. The molecule has 1 aliphatic heterocycles. The molecular weight excluding hydrogens is 228 g/mol. The van der Waals surface area contributed by atoms with Crippen molar-refractivity contribution in [3.8, 4) is 0 Å². The maximum atomic E-state index is 11.8. The van der Waals surface area contributed by atoms with Crippen LogP contribution >= 0.6 is 0 Å². The van der Waals surface area contributed by atoms with E-state index in [2.05, 4.69) is 29.1 Å². The fourth-order valence-electron chi connectivity index (χ4n) is 2.06. The Morgan fingerprint density at radius 3 is 2.72 bits per heavy atom. The lowest BCUT2D eigenvalue weighted by Gasteiger charge is -2.14. The zero-order valence-electron chi connectivity index (χ0n) is 11.4. The molecule has 1 amide bonds. The number of carbonyl (C=O) groups excluding carboxylic acids is 1. The second-order valence-electron chi connectivity index (χ2n) is 5.15. The van der Waals surface area contributed by atoms with Crippen LogP contribution in [0.25, 0.3) is 0 Å². The molecule has 0 spiro atoms. The summed E-state index contributed by atoms with van der Waals surface area (Å²) in [6.07, 6.45) is 0.829. The summed E-state index contributed by atoms with van der Waals surface area (Å²) in [5.74, 6) is 1.99. The van der Waals surface area contributed by atoms with E-state index in [1.165, 1.54) is 0 Å². The second-order valence-corrected chi connectivity index (χ2v) is 5.15. The number of likely N-dealkylation sites (N-methyl/N-ethyl adjacent to an activating group) is 1. The normalized spacial score (nSPS) is 19.7. The smallest absolute Gasteiger partial charge is 0.244 e. The fourth-order valence-corrected chi connectivity index (χ4v) is 2.06. The van der Waals surface area contributed by atoms with Gasteiger partial charge in [-0.05, 0) is 13.3 Å². The number of aryl methyl sites for hydroxylation is 1. The van der Waals surface area contributed by atoms with Gasteiger partial charge in [0.1, 0.15) is 17.7 Å². The minimum Gasteiger partial charge on any atom is -0.358 e. The highest BCUT2D eigenvalue weighted by molar-refractivity contribution is 5.86. The van der Waals surface area contributed by atoms with Gasteiger partial charge in [-0.15, -0.1) is 0 Å². The Kier molecular flexibility index (Phi) is 3.50. The van der Waals surface area contributed by atoms with Crippen LogP contribution in [0, 0.1) is 6.92 Å². The first-order chi connectivity index (χ1) is 8.47. The van der Waals surface area contributed by atoms with Gasteiger partial charge < -0.3 is 10.2 Å². The van der Waals surface area contributed by atoms with E-state index >= 15 is 0 Å². The Balaban J connectivity index is 2.17. The van der Waals surface area contributed by atoms with Crippen LogP contribution in [0.15, 0.2) is 6.07 Å². The van der Waals surface area contributed by atoms with Crippen LogP contribution in [0.1, 0.15) is 37.7 Å². The van der Waals surface area contributed by atoms with Crippen molar-refractivity contribution in [1.29, 1.82) is 0 Å². The third-order valence-corrected chi connectivity index (χ3v) is 3.14. The van der Waals surface area contributed by atoms with Gasteiger partial charge in [0.25, 0.3) is 0 Å². The summed E-state index contributed by atoms with van der Waals surface area (Å²) in [5, 5.41) is 3.21. The molecule has 1 aromatic rings. The summed E-state index contributed by atoms with van der Waals surface area (Å²) in [4.78, 5) is 22.4. The average molecular weight is 248 g/mol. The van der Waals surface area contributed by atoms with Crippen LogP contribution in [0.5, 0.6) is 0 Å².